The van der Waals surface area contributed by atoms with E-state index in [0.717, 1.165) is 24.7 Å². The molecule has 232 valence electrons. The average Bonchev–Trinajstić information content (AvgIpc) is 2.97. The number of rotatable bonds is 16. The van der Waals surface area contributed by atoms with Crippen molar-refractivity contribution in [3.63, 3.8) is 0 Å². The first-order valence-corrected chi connectivity index (χ1v) is 16.4. The Bertz CT molecular complexity index is 1470. The molecule has 0 unspecified atom stereocenters. The SMILES string of the molecule is CCCCNC(=O)[C@H](Cc1ccccc1)N(Cc1ccccc1F)C(=O)CCCN(c1ccc(OC)c(Cl)c1)S(C)(=O)=O. The number of ether oxygens (including phenoxy) is 1. The number of nitrogens with one attached hydrogen (secondary N) is 1. The Morgan fingerprint density at radius 2 is 1.72 bits per heavy atom. The Balaban J connectivity index is 1.88. The van der Waals surface area contributed by atoms with Gasteiger partial charge < -0.3 is 15.0 Å². The molecule has 3 aromatic carbocycles. The van der Waals surface area contributed by atoms with Crippen molar-refractivity contribution in [1.82, 2.24) is 10.2 Å². The van der Waals surface area contributed by atoms with Crippen molar-refractivity contribution in [3.05, 3.63) is 94.8 Å². The minimum atomic E-state index is -3.71. The molecule has 1 N–H and O–H groups in total. The molecule has 0 radical (unpaired) electrons. The topological polar surface area (TPSA) is 96.0 Å². The van der Waals surface area contributed by atoms with Gasteiger partial charge in [-0.25, -0.2) is 12.8 Å². The number of anilines is 1. The van der Waals surface area contributed by atoms with Crippen LogP contribution in [0.3, 0.4) is 0 Å². The number of hydrogen-bond donors (Lipinski definition) is 1. The van der Waals surface area contributed by atoms with E-state index in [1.165, 1.54) is 28.4 Å². The lowest BCUT2D eigenvalue weighted by atomic mass is 10.0. The molecule has 43 heavy (non-hydrogen) atoms. The van der Waals surface area contributed by atoms with E-state index in [4.69, 9.17) is 16.3 Å². The van der Waals surface area contributed by atoms with Crippen LogP contribution in [0.25, 0.3) is 0 Å². The highest BCUT2D eigenvalue weighted by molar-refractivity contribution is 7.92. The first kappa shape index (κ1) is 33.9. The molecule has 0 fully saturated rings. The largest absolute Gasteiger partial charge is 0.495 e. The second-order valence-electron chi connectivity index (χ2n) is 10.2. The van der Waals surface area contributed by atoms with Gasteiger partial charge in [0.05, 0.1) is 24.1 Å². The normalized spacial score (nSPS) is 11.9. The van der Waals surface area contributed by atoms with Crippen LogP contribution >= 0.6 is 11.6 Å². The summed E-state index contributed by atoms with van der Waals surface area (Å²) in [5.74, 6) is -0.798. The van der Waals surface area contributed by atoms with E-state index in [2.05, 4.69) is 5.32 Å². The molecule has 0 bridgehead atoms. The van der Waals surface area contributed by atoms with Crippen LogP contribution < -0.4 is 14.4 Å². The van der Waals surface area contributed by atoms with Gasteiger partial charge in [0.15, 0.2) is 0 Å². The van der Waals surface area contributed by atoms with Crippen molar-refractivity contribution in [2.24, 2.45) is 0 Å². The molecule has 0 saturated carbocycles. The monoisotopic (exact) mass is 631 g/mol. The lowest BCUT2D eigenvalue weighted by Crippen LogP contribution is -2.50. The van der Waals surface area contributed by atoms with E-state index in [-0.39, 0.29) is 48.8 Å². The van der Waals surface area contributed by atoms with Gasteiger partial charge in [0.2, 0.25) is 21.8 Å². The molecule has 8 nitrogen and oxygen atoms in total. The van der Waals surface area contributed by atoms with E-state index in [0.29, 0.717) is 18.0 Å². The van der Waals surface area contributed by atoms with Crippen molar-refractivity contribution < 1.29 is 27.1 Å². The van der Waals surface area contributed by atoms with Gasteiger partial charge in [0.1, 0.15) is 17.6 Å². The fraction of sp³-hybridized carbons (Fsp3) is 0.375. The third-order valence-electron chi connectivity index (χ3n) is 6.97. The second kappa shape index (κ2) is 16.3. The van der Waals surface area contributed by atoms with Crippen LogP contribution in [0.15, 0.2) is 72.8 Å². The predicted molar refractivity (Wildman–Crippen MR) is 168 cm³/mol. The molecule has 2 amide bonds. The van der Waals surface area contributed by atoms with Gasteiger partial charge in [-0.3, -0.25) is 13.9 Å². The maximum absolute atomic E-state index is 14.8. The number of hydrogen-bond acceptors (Lipinski definition) is 5. The van der Waals surface area contributed by atoms with Gasteiger partial charge in [-0.2, -0.15) is 0 Å². The van der Waals surface area contributed by atoms with Crippen molar-refractivity contribution in [2.75, 3.05) is 30.8 Å². The zero-order valence-corrected chi connectivity index (χ0v) is 26.3. The van der Waals surface area contributed by atoms with E-state index in [1.54, 1.807) is 30.3 Å². The number of methoxy groups -OCH3 is 1. The summed E-state index contributed by atoms with van der Waals surface area (Å²) in [7, 11) is -2.25. The molecule has 3 aromatic rings. The number of sulfonamides is 1. The van der Waals surface area contributed by atoms with Gasteiger partial charge in [-0.15, -0.1) is 0 Å². The van der Waals surface area contributed by atoms with E-state index in [1.807, 2.05) is 37.3 Å². The maximum Gasteiger partial charge on any atom is 0.243 e. The van der Waals surface area contributed by atoms with Gasteiger partial charge >= 0.3 is 0 Å². The second-order valence-corrected chi connectivity index (χ2v) is 12.5. The minimum absolute atomic E-state index is 0.00713. The Labute approximate surface area is 258 Å². The summed E-state index contributed by atoms with van der Waals surface area (Å²) in [5.41, 5.74) is 1.46. The van der Waals surface area contributed by atoms with Crippen LogP contribution in [0.4, 0.5) is 10.1 Å². The summed E-state index contributed by atoms with van der Waals surface area (Å²) in [4.78, 5) is 28.8. The first-order chi connectivity index (χ1) is 20.5. The smallest absolute Gasteiger partial charge is 0.243 e. The molecule has 0 heterocycles. The predicted octanol–water partition coefficient (Wildman–Crippen LogP) is 5.59. The van der Waals surface area contributed by atoms with Crippen LogP contribution in [0, 0.1) is 5.82 Å². The molecule has 0 aliphatic heterocycles. The number of unbranched alkanes of at least 4 members (excludes halogenated alkanes) is 1. The molecule has 0 aliphatic carbocycles. The van der Waals surface area contributed by atoms with Crippen LogP contribution in [0.2, 0.25) is 5.02 Å². The van der Waals surface area contributed by atoms with Crippen molar-refractivity contribution >= 4 is 39.1 Å². The number of carbonyl (C=O) groups is 2. The fourth-order valence-electron chi connectivity index (χ4n) is 4.68. The van der Waals surface area contributed by atoms with Crippen LogP contribution in [-0.4, -0.2) is 57.6 Å². The first-order valence-electron chi connectivity index (χ1n) is 14.2. The molecule has 0 saturated heterocycles. The van der Waals surface area contributed by atoms with Gasteiger partial charge in [-0.1, -0.05) is 73.5 Å². The Morgan fingerprint density at radius 1 is 1.02 bits per heavy atom. The summed E-state index contributed by atoms with van der Waals surface area (Å²) in [6, 6.07) is 19.2. The van der Waals surface area contributed by atoms with Gasteiger partial charge in [-0.05, 0) is 42.7 Å². The number of nitrogens with zero attached hydrogens (tertiary/aromatic N) is 2. The number of carbonyl (C=O) groups excluding carboxylic acids is 2. The Hall–Kier alpha value is -3.63. The summed E-state index contributed by atoms with van der Waals surface area (Å²) < 4.78 is 46.5. The molecular formula is C32H39ClFN3O5S. The van der Waals surface area contributed by atoms with Crippen LogP contribution in [0.1, 0.15) is 43.7 Å². The number of halogens is 2. The molecule has 0 spiro atoms. The summed E-state index contributed by atoms with van der Waals surface area (Å²) >= 11 is 6.24. The van der Waals surface area contributed by atoms with Gasteiger partial charge in [0.25, 0.3) is 0 Å². The highest BCUT2D eigenvalue weighted by Gasteiger charge is 2.31. The Kier molecular flexibility index (Phi) is 12.8. The van der Waals surface area contributed by atoms with E-state index < -0.39 is 27.8 Å². The zero-order chi connectivity index (χ0) is 31.4. The third-order valence-corrected chi connectivity index (χ3v) is 8.46. The highest BCUT2D eigenvalue weighted by atomic mass is 35.5. The standard InChI is InChI=1S/C32H39ClFN3O5S/c1-4-5-19-35-32(39)29(21-24-12-7-6-8-13-24)36(23-25-14-9-10-15-28(25)34)31(38)16-11-20-37(43(3,40)41)26-17-18-30(42-2)27(33)22-26/h6-10,12-15,17-18,22,29H,4-5,11,16,19-21,23H2,1-3H3,(H,35,39)/t29-/m0/s1. The van der Waals surface area contributed by atoms with E-state index in [9.17, 15) is 22.4 Å². The average molecular weight is 632 g/mol. The number of amides is 2. The molecule has 0 aromatic heterocycles. The maximum atomic E-state index is 14.8. The highest BCUT2D eigenvalue weighted by Crippen LogP contribution is 2.30. The third kappa shape index (κ3) is 9.96. The summed E-state index contributed by atoms with van der Waals surface area (Å²) in [6.07, 6.45) is 3.06. The minimum Gasteiger partial charge on any atom is -0.495 e. The number of benzene rings is 3. The van der Waals surface area contributed by atoms with E-state index >= 15 is 0 Å². The molecule has 3 rings (SSSR count). The van der Waals surface area contributed by atoms with Crippen LogP contribution in [-0.2, 0) is 32.6 Å². The summed E-state index contributed by atoms with van der Waals surface area (Å²) in [5, 5.41) is 3.18. The summed E-state index contributed by atoms with van der Waals surface area (Å²) in [6.45, 7) is 2.35. The lowest BCUT2D eigenvalue weighted by Gasteiger charge is -2.32. The Morgan fingerprint density at radius 3 is 2.35 bits per heavy atom. The fourth-order valence-corrected chi connectivity index (χ4v) is 5.89. The quantitative estimate of drug-likeness (QED) is 0.208. The molecule has 11 heteroatoms. The zero-order valence-electron chi connectivity index (χ0n) is 24.8. The molecular weight excluding hydrogens is 593 g/mol. The van der Waals surface area contributed by atoms with Crippen molar-refractivity contribution in [3.8, 4) is 5.75 Å². The molecule has 1 atom stereocenters. The van der Waals surface area contributed by atoms with Crippen LogP contribution in [0.5, 0.6) is 5.75 Å². The van der Waals surface area contributed by atoms with Gasteiger partial charge in [0, 0.05) is 38.0 Å². The molecule has 0 aliphatic rings. The lowest BCUT2D eigenvalue weighted by molar-refractivity contribution is -0.141. The van der Waals surface area contributed by atoms with Crippen molar-refractivity contribution in [1.29, 1.82) is 0 Å². The van der Waals surface area contributed by atoms with Crippen molar-refractivity contribution in [2.45, 2.75) is 51.6 Å².